The molecule has 9 heteroatoms. The van der Waals surface area contributed by atoms with Gasteiger partial charge in [0, 0.05) is 6.42 Å². The quantitative estimate of drug-likeness (QED) is 0.0333. The molecule has 0 aromatic carbocycles. The third-order valence-electron chi connectivity index (χ3n) is 12.5. The minimum atomic E-state index is -1.55. The Bertz CT molecular complexity index is 878. The zero-order valence-electron chi connectivity index (χ0n) is 38.1. The molecule has 0 aliphatic carbocycles. The van der Waals surface area contributed by atoms with Crippen LogP contribution in [-0.4, -0.2) is 87.5 Å². The SMILES string of the molecule is CCCCCCCCCCCCCCCCCCCCC(=O)N[C@@H](CO[C@@H]1O[C@H](CO)[C@H](O)C(O)C1O)[C@H](O)CCCCCCCCCCCCCCCCCCC. The van der Waals surface area contributed by atoms with Crippen molar-refractivity contribution in [1.29, 1.82) is 0 Å². The lowest BCUT2D eigenvalue weighted by atomic mass is 9.99. The molecule has 0 saturated carbocycles. The summed E-state index contributed by atoms with van der Waals surface area (Å²) in [6.45, 7) is 3.87. The van der Waals surface area contributed by atoms with Crippen LogP contribution in [0.15, 0.2) is 0 Å². The van der Waals surface area contributed by atoms with Crippen molar-refractivity contribution < 1.29 is 39.8 Å². The standard InChI is InChI=1S/C49H97NO8/c1-3-5-7-9-11-13-15-17-19-21-23-25-27-29-31-33-35-37-39-45(53)50-42(41-57-49-48(56)47(55)46(54)44(40-51)58-49)43(52)38-36-34-32-30-28-26-24-22-20-18-16-14-12-10-8-6-4-2/h42-44,46-49,51-52,54-56H,3-41H2,1-2H3,(H,50,53)/t42-,43+,44+,46-,47?,48?,49+/m0/s1. The van der Waals surface area contributed by atoms with Gasteiger partial charge in [-0.1, -0.05) is 232 Å². The van der Waals surface area contributed by atoms with Gasteiger partial charge in [0.15, 0.2) is 6.29 Å². The summed E-state index contributed by atoms with van der Waals surface area (Å²) in [7, 11) is 0. The minimum Gasteiger partial charge on any atom is -0.394 e. The van der Waals surface area contributed by atoms with Crippen molar-refractivity contribution in [3.8, 4) is 0 Å². The van der Waals surface area contributed by atoms with Crippen molar-refractivity contribution in [3.05, 3.63) is 0 Å². The van der Waals surface area contributed by atoms with E-state index in [0.29, 0.717) is 12.8 Å². The maximum atomic E-state index is 13.0. The molecule has 7 atom stereocenters. The van der Waals surface area contributed by atoms with Crippen molar-refractivity contribution in [2.24, 2.45) is 0 Å². The molecule has 0 bridgehead atoms. The molecular weight excluding hydrogens is 731 g/mol. The normalized spacial score (nSPS) is 20.7. The Kier molecular flexibility index (Phi) is 38.3. The van der Waals surface area contributed by atoms with Crippen LogP contribution in [0.1, 0.15) is 251 Å². The molecule has 0 aromatic rings. The van der Waals surface area contributed by atoms with Gasteiger partial charge in [-0.05, 0) is 12.8 Å². The Balaban J connectivity index is 2.27. The van der Waals surface area contributed by atoms with Crippen LogP contribution in [0, 0.1) is 0 Å². The zero-order chi connectivity index (χ0) is 42.3. The molecule has 58 heavy (non-hydrogen) atoms. The van der Waals surface area contributed by atoms with Crippen LogP contribution < -0.4 is 5.32 Å². The number of carbonyl (C=O) groups is 1. The highest BCUT2D eigenvalue weighted by molar-refractivity contribution is 5.76. The fraction of sp³-hybridized carbons (Fsp3) is 0.980. The van der Waals surface area contributed by atoms with E-state index in [9.17, 15) is 30.3 Å². The number of aliphatic hydroxyl groups excluding tert-OH is 5. The Morgan fingerprint density at radius 2 is 0.862 bits per heavy atom. The Morgan fingerprint density at radius 3 is 1.22 bits per heavy atom. The van der Waals surface area contributed by atoms with Gasteiger partial charge < -0.3 is 40.3 Å². The molecule has 346 valence electrons. The van der Waals surface area contributed by atoms with Crippen molar-refractivity contribution in [3.63, 3.8) is 0 Å². The predicted octanol–water partition coefficient (Wildman–Crippen LogP) is 11.1. The largest absolute Gasteiger partial charge is 0.394 e. The monoisotopic (exact) mass is 828 g/mol. The topological polar surface area (TPSA) is 149 Å². The highest BCUT2D eigenvalue weighted by Crippen LogP contribution is 2.23. The molecule has 1 aliphatic rings. The molecule has 1 saturated heterocycles. The van der Waals surface area contributed by atoms with E-state index >= 15 is 0 Å². The number of nitrogens with one attached hydrogen (secondary N) is 1. The van der Waals surface area contributed by atoms with Gasteiger partial charge in [-0.25, -0.2) is 0 Å². The van der Waals surface area contributed by atoms with Crippen LogP contribution in [0.3, 0.4) is 0 Å². The van der Waals surface area contributed by atoms with E-state index in [0.717, 1.165) is 38.5 Å². The van der Waals surface area contributed by atoms with Gasteiger partial charge in [0.25, 0.3) is 0 Å². The minimum absolute atomic E-state index is 0.131. The van der Waals surface area contributed by atoms with Crippen molar-refractivity contribution in [2.45, 2.75) is 294 Å². The molecule has 6 N–H and O–H groups in total. The molecule has 0 radical (unpaired) electrons. The van der Waals surface area contributed by atoms with Crippen LogP contribution in [0.4, 0.5) is 0 Å². The lowest BCUT2D eigenvalue weighted by Crippen LogP contribution is -2.60. The van der Waals surface area contributed by atoms with E-state index in [-0.39, 0.29) is 12.5 Å². The van der Waals surface area contributed by atoms with E-state index in [1.807, 2.05) is 0 Å². The average molecular weight is 828 g/mol. The summed E-state index contributed by atoms with van der Waals surface area (Å²) in [6, 6.07) is -0.712. The first-order valence-electron chi connectivity index (χ1n) is 25.2. The molecule has 1 aliphatic heterocycles. The summed E-state index contributed by atoms with van der Waals surface area (Å²) in [4.78, 5) is 13.0. The van der Waals surface area contributed by atoms with Crippen molar-refractivity contribution >= 4 is 5.91 Å². The Hall–Kier alpha value is -0.810. The number of amides is 1. The van der Waals surface area contributed by atoms with Crippen LogP contribution in [-0.2, 0) is 14.3 Å². The summed E-state index contributed by atoms with van der Waals surface area (Å²) in [5.74, 6) is -0.139. The van der Waals surface area contributed by atoms with Gasteiger partial charge in [0.05, 0.1) is 25.4 Å². The van der Waals surface area contributed by atoms with E-state index < -0.39 is 49.5 Å². The van der Waals surface area contributed by atoms with E-state index in [4.69, 9.17) is 9.47 Å². The smallest absolute Gasteiger partial charge is 0.220 e. The maximum Gasteiger partial charge on any atom is 0.220 e. The Morgan fingerprint density at radius 1 is 0.517 bits per heavy atom. The van der Waals surface area contributed by atoms with Crippen LogP contribution in [0.2, 0.25) is 0 Å². The summed E-state index contributed by atoms with van der Waals surface area (Å²) < 4.78 is 11.3. The number of ether oxygens (including phenoxy) is 2. The van der Waals surface area contributed by atoms with E-state index in [1.54, 1.807) is 0 Å². The van der Waals surface area contributed by atoms with Crippen molar-refractivity contribution in [2.75, 3.05) is 13.2 Å². The molecule has 0 spiro atoms. The zero-order valence-corrected chi connectivity index (χ0v) is 38.1. The number of unbranched alkanes of at least 4 members (excludes halogenated alkanes) is 33. The number of rotatable bonds is 43. The predicted molar refractivity (Wildman–Crippen MR) is 240 cm³/mol. The summed E-state index contributed by atoms with van der Waals surface area (Å²) >= 11 is 0. The van der Waals surface area contributed by atoms with Gasteiger partial charge >= 0.3 is 0 Å². The van der Waals surface area contributed by atoms with E-state index in [1.165, 1.54) is 186 Å². The third-order valence-corrected chi connectivity index (χ3v) is 12.5. The average Bonchev–Trinajstić information content (AvgIpc) is 3.22. The number of carbonyl (C=O) groups excluding carboxylic acids is 1. The molecule has 2 unspecified atom stereocenters. The second-order valence-electron chi connectivity index (χ2n) is 18.0. The Labute approximate surface area is 357 Å². The van der Waals surface area contributed by atoms with Crippen molar-refractivity contribution in [1.82, 2.24) is 5.32 Å². The highest BCUT2D eigenvalue weighted by atomic mass is 16.7. The van der Waals surface area contributed by atoms with E-state index in [2.05, 4.69) is 19.2 Å². The summed E-state index contributed by atoms with van der Waals surface area (Å²) in [5.41, 5.74) is 0. The first-order chi connectivity index (χ1) is 28.3. The van der Waals surface area contributed by atoms with Crippen LogP contribution in [0.5, 0.6) is 0 Å². The number of hydrogen-bond donors (Lipinski definition) is 6. The first-order valence-corrected chi connectivity index (χ1v) is 25.2. The molecule has 1 fully saturated rings. The number of aliphatic hydroxyl groups is 5. The van der Waals surface area contributed by atoms with Gasteiger partial charge in [-0.2, -0.15) is 0 Å². The van der Waals surface area contributed by atoms with Gasteiger partial charge in [0.2, 0.25) is 5.91 Å². The van der Waals surface area contributed by atoms with Gasteiger partial charge in [0.1, 0.15) is 24.4 Å². The maximum absolute atomic E-state index is 13.0. The van der Waals surface area contributed by atoms with Crippen LogP contribution >= 0.6 is 0 Å². The number of hydrogen-bond acceptors (Lipinski definition) is 8. The molecule has 9 nitrogen and oxygen atoms in total. The molecule has 1 rings (SSSR count). The first kappa shape index (κ1) is 55.2. The fourth-order valence-corrected chi connectivity index (χ4v) is 8.40. The molecular formula is C49H97NO8. The fourth-order valence-electron chi connectivity index (χ4n) is 8.40. The summed E-state index contributed by atoms with van der Waals surface area (Å²) in [5, 5.41) is 54.5. The second-order valence-corrected chi connectivity index (χ2v) is 18.0. The lowest BCUT2D eigenvalue weighted by Gasteiger charge is -2.40. The lowest BCUT2D eigenvalue weighted by molar-refractivity contribution is -0.302. The second kappa shape index (κ2) is 40.3. The third kappa shape index (κ3) is 30.3. The molecule has 1 heterocycles. The highest BCUT2D eigenvalue weighted by Gasteiger charge is 2.44. The van der Waals surface area contributed by atoms with Crippen LogP contribution in [0.25, 0.3) is 0 Å². The summed E-state index contributed by atoms with van der Waals surface area (Å²) in [6.07, 6.45) is 38.2. The molecule has 1 amide bonds. The van der Waals surface area contributed by atoms with Gasteiger partial charge in [-0.3, -0.25) is 4.79 Å². The molecule has 0 aromatic heterocycles. The van der Waals surface area contributed by atoms with Gasteiger partial charge in [-0.15, -0.1) is 0 Å².